The minimum absolute atomic E-state index is 0.171. The maximum atomic E-state index is 6.04. The van der Waals surface area contributed by atoms with E-state index < -0.39 is 0 Å². The van der Waals surface area contributed by atoms with Gasteiger partial charge in [0, 0.05) is 23.1 Å². The van der Waals surface area contributed by atoms with Crippen LogP contribution in [0.25, 0.3) is 0 Å². The maximum absolute atomic E-state index is 6.04. The van der Waals surface area contributed by atoms with Gasteiger partial charge < -0.3 is 10.5 Å². The van der Waals surface area contributed by atoms with Gasteiger partial charge in [0.2, 0.25) is 0 Å². The third-order valence-corrected chi connectivity index (χ3v) is 3.50. The molecular weight excluding hydrogens is 194 g/mol. The van der Waals surface area contributed by atoms with E-state index in [2.05, 4.69) is 6.07 Å². The topological polar surface area (TPSA) is 35.2 Å². The van der Waals surface area contributed by atoms with Crippen molar-refractivity contribution < 1.29 is 4.74 Å². The summed E-state index contributed by atoms with van der Waals surface area (Å²) in [6.07, 6.45) is 0. The Labute approximate surface area is 88.8 Å². The summed E-state index contributed by atoms with van der Waals surface area (Å²) < 4.78 is 5.58. The van der Waals surface area contributed by atoms with E-state index in [-0.39, 0.29) is 6.04 Å². The first-order valence-corrected chi connectivity index (χ1v) is 6.06. The lowest BCUT2D eigenvalue weighted by molar-refractivity contribution is 0.337. The van der Waals surface area contributed by atoms with Crippen LogP contribution >= 0.6 is 11.8 Å². The molecule has 0 saturated heterocycles. The van der Waals surface area contributed by atoms with Crippen LogP contribution in [0.4, 0.5) is 0 Å². The Bertz CT molecular complexity index is 327. The van der Waals surface area contributed by atoms with E-state index >= 15 is 0 Å². The fourth-order valence-electron chi connectivity index (χ4n) is 1.75. The molecule has 14 heavy (non-hydrogen) atoms. The molecule has 1 aromatic rings. The van der Waals surface area contributed by atoms with Gasteiger partial charge in [-0.3, -0.25) is 0 Å². The number of hydrogen-bond donors (Lipinski definition) is 1. The molecule has 0 radical (unpaired) electrons. The number of benzene rings is 1. The van der Waals surface area contributed by atoms with E-state index in [1.54, 1.807) is 0 Å². The summed E-state index contributed by atoms with van der Waals surface area (Å²) in [4.78, 5) is 0. The fourth-order valence-corrected chi connectivity index (χ4v) is 2.82. The van der Waals surface area contributed by atoms with Gasteiger partial charge in [0.05, 0.1) is 6.61 Å². The van der Waals surface area contributed by atoms with Gasteiger partial charge in [-0.2, -0.15) is 11.8 Å². The van der Waals surface area contributed by atoms with Crippen LogP contribution < -0.4 is 10.5 Å². The average Bonchev–Trinajstić information content (AvgIpc) is 2.20. The van der Waals surface area contributed by atoms with Crippen LogP contribution in [-0.4, -0.2) is 12.4 Å². The van der Waals surface area contributed by atoms with Crippen LogP contribution in [0.3, 0.4) is 0 Å². The van der Waals surface area contributed by atoms with Crippen LogP contribution in [0.2, 0.25) is 0 Å². The monoisotopic (exact) mass is 209 g/mol. The van der Waals surface area contributed by atoms with Crippen LogP contribution in [0.5, 0.6) is 5.75 Å². The fraction of sp³-hybridized carbons (Fsp3) is 0.455. The molecule has 0 spiro atoms. The van der Waals surface area contributed by atoms with Crippen molar-refractivity contribution in [1.82, 2.24) is 0 Å². The van der Waals surface area contributed by atoms with E-state index in [0.717, 1.165) is 23.9 Å². The molecule has 0 aromatic heterocycles. The van der Waals surface area contributed by atoms with Gasteiger partial charge in [-0.15, -0.1) is 0 Å². The molecule has 1 aliphatic heterocycles. The molecule has 0 aliphatic carbocycles. The Hall–Kier alpha value is -0.670. The summed E-state index contributed by atoms with van der Waals surface area (Å²) in [5, 5.41) is 0. The van der Waals surface area contributed by atoms with Crippen LogP contribution in [-0.2, 0) is 5.75 Å². The Morgan fingerprint density at radius 1 is 1.57 bits per heavy atom. The zero-order chi connectivity index (χ0) is 9.97. The van der Waals surface area contributed by atoms with Gasteiger partial charge in [0.25, 0.3) is 0 Å². The van der Waals surface area contributed by atoms with Crippen LogP contribution in [0.15, 0.2) is 18.2 Å². The standard InChI is InChI=1S/C11H15NOS/c1-2-13-11-5-3-4-8-9(11)6-14-7-10(8)12/h3-5,10H,2,6-7,12H2,1H3. The molecule has 1 aliphatic rings. The van der Waals surface area contributed by atoms with Crippen molar-refractivity contribution in [1.29, 1.82) is 0 Å². The number of nitrogens with two attached hydrogens (primary N) is 1. The lowest BCUT2D eigenvalue weighted by Gasteiger charge is -2.23. The molecule has 1 heterocycles. The van der Waals surface area contributed by atoms with Gasteiger partial charge in [-0.1, -0.05) is 12.1 Å². The van der Waals surface area contributed by atoms with Crippen molar-refractivity contribution in [3.05, 3.63) is 29.3 Å². The van der Waals surface area contributed by atoms with Crippen molar-refractivity contribution >= 4 is 11.8 Å². The Morgan fingerprint density at radius 3 is 3.21 bits per heavy atom. The summed E-state index contributed by atoms with van der Waals surface area (Å²) in [5.41, 5.74) is 8.58. The first-order chi connectivity index (χ1) is 6.83. The quantitative estimate of drug-likeness (QED) is 0.812. The second-order valence-corrected chi connectivity index (χ2v) is 4.41. The number of ether oxygens (including phenoxy) is 1. The van der Waals surface area contributed by atoms with Crippen molar-refractivity contribution in [2.24, 2.45) is 5.73 Å². The summed E-state index contributed by atoms with van der Waals surface area (Å²) in [7, 11) is 0. The largest absolute Gasteiger partial charge is 0.494 e. The smallest absolute Gasteiger partial charge is 0.123 e. The molecule has 2 N–H and O–H groups in total. The third-order valence-electron chi connectivity index (χ3n) is 2.41. The molecule has 0 amide bonds. The number of rotatable bonds is 2. The molecule has 1 aromatic carbocycles. The highest BCUT2D eigenvalue weighted by Gasteiger charge is 2.19. The van der Waals surface area contributed by atoms with Crippen molar-refractivity contribution in [2.75, 3.05) is 12.4 Å². The summed E-state index contributed by atoms with van der Waals surface area (Å²) >= 11 is 1.88. The van der Waals surface area contributed by atoms with Gasteiger partial charge in [-0.05, 0) is 18.6 Å². The molecule has 1 atom stereocenters. The van der Waals surface area contributed by atoms with Gasteiger partial charge in [0.1, 0.15) is 5.75 Å². The zero-order valence-electron chi connectivity index (χ0n) is 8.32. The molecule has 76 valence electrons. The summed E-state index contributed by atoms with van der Waals surface area (Å²) in [5.74, 6) is 3.05. The van der Waals surface area contributed by atoms with Gasteiger partial charge in [0.15, 0.2) is 0 Å². The highest BCUT2D eigenvalue weighted by molar-refractivity contribution is 7.98. The second kappa shape index (κ2) is 4.24. The van der Waals surface area contributed by atoms with E-state index in [1.807, 2.05) is 30.8 Å². The summed E-state index contributed by atoms with van der Waals surface area (Å²) in [6.45, 7) is 2.73. The van der Waals surface area contributed by atoms with E-state index in [9.17, 15) is 0 Å². The lowest BCUT2D eigenvalue weighted by Crippen LogP contribution is -2.19. The Balaban J connectivity index is 2.39. The van der Waals surface area contributed by atoms with E-state index in [0.29, 0.717) is 0 Å². The van der Waals surface area contributed by atoms with Gasteiger partial charge in [-0.25, -0.2) is 0 Å². The highest BCUT2D eigenvalue weighted by Crippen LogP contribution is 2.35. The third kappa shape index (κ3) is 1.74. The maximum Gasteiger partial charge on any atom is 0.123 e. The van der Waals surface area contributed by atoms with Crippen LogP contribution in [0, 0.1) is 0 Å². The molecule has 2 nitrogen and oxygen atoms in total. The first-order valence-electron chi connectivity index (χ1n) is 4.91. The van der Waals surface area contributed by atoms with Crippen molar-refractivity contribution in [3.8, 4) is 5.75 Å². The Kier molecular flexibility index (Phi) is 2.99. The average molecular weight is 209 g/mol. The minimum atomic E-state index is 0.171. The predicted octanol–water partition coefficient (Wildman–Crippen LogP) is 2.33. The first kappa shape index (κ1) is 9.87. The van der Waals surface area contributed by atoms with E-state index in [1.165, 1.54) is 11.1 Å². The lowest BCUT2D eigenvalue weighted by atomic mass is 10.0. The second-order valence-electron chi connectivity index (χ2n) is 3.38. The van der Waals surface area contributed by atoms with E-state index in [4.69, 9.17) is 10.5 Å². The zero-order valence-corrected chi connectivity index (χ0v) is 9.14. The molecule has 3 heteroatoms. The summed E-state index contributed by atoms with van der Waals surface area (Å²) in [6, 6.07) is 6.34. The number of fused-ring (bicyclic) bond motifs is 1. The Morgan fingerprint density at radius 2 is 2.43 bits per heavy atom. The van der Waals surface area contributed by atoms with Crippen LogP contribution in [0.1, 0.15) is 24.1 Å². The minimum Gasteiger partial charge on any atom is -0.494 e. The van der Waals surface area contributed by atoms with Gasteiger partial charge >= 0.3 is 0 Å². The molecule has 0 saturated carbocycles. The van der Waals surface area contributed by atoms with Crippen molar-refractivity contribution in [3.63, 3.8) is 0 Å². The molecule has 0 bridgehead atoms. The SMILES string of the molecule is CCOc1cccc2c1CSCC2N. The predicted molar refractivity (Wildman–Crippen MR) is 60.7 cm³/mol. The highest BCUT2D eigenvalue weighted by atomic mass is 32.2. The molecule has 2 rings (SSSR count). The number of hydrogen-bond acceptors (Lipinski definition) is 3. The number of thioether (sulfide) groups is 1. The normalized spacial score (nSPS) is 20.3. The molecule has 1 unspecified atom stereocenters. The van der Waals surface area contributed by atoms with Crippen molar-refractivity contribution in [2.45, 2.75) is 18.7 Å². The molecule has 0 fully saturated rings. The molecular formula is C11H15NOS.